The van der Waals surface area contributed by atoms with Gasteiger partial charge in [0.05, 0.1) is 13.2 Å². The average Bonchev–Trinajstić information content (AvgIpc) is 2.47. The van der Waals surface area contributed by atoms with Crippen molar-refractivity contribution in [1.29, 1.82) is 0 Å². The van der Waals surface area contributed by atoms with E-state index in [2.05, 4.69) is 27.7 Å². The van der Waals surface area contributed by atoms with Gasteiger partial charge in [-0.25, -0.2) is 0 Å². The van der Waals surface area contributed by atoms with Gasteiger partial charge in [0.15, 0.2) is 0 Å². The van der Waals surface area contributed by atoms with Crippen LogP contribution in [-0.4, -0.2) is 13.2 Å². The third kappa shape index (κ3) is 13.1. The Hall–Kier alpha value is 0.642. The second-order valence-electron chi connectivity index (χ2n) is 5.87. The van der Waals surface area contributed by atoms with Gasteiger partial charge in [-0.05, 0) is 24.7 Å². The van der Waals surface area contributed by atoms with E-state index in [0.29, 0.717) is 11.8 Å². The van der Waals surface area contributed by atoms with E-state index in [-0.39, 0.29) is 30.6 Å². The molecule has 0 N–H and O–H groups in total. The standard InChI is InChI=1S/C16H35O4P.Cr/c1-5-9-11-15(7-3)13-19-21(17,18)20-14-16(8-4)12-10-6-2;/h15-16H,5-14H2,1-4H3,(H,17,18);/p-1. The maximum atomic E-state index is 11.8. The summed E-state index contributed by atoms with van der Waals surface area (Å²) in [5, 5.41) is 0. The number of phosphoric acid groups is 1. The third-order valence-corrected chi connectivity index (χ3v) is 4.95. The molecule has 0 amide bonds. The molecule has 4 nitrogen and oxygen atoms in total. The molecule has 0 saturated heterocycles. The van der Waals surface area contributed by atoms with Crippen molar-refractivity contribution in [1.82, 2.24) is 0 Å². The van der Waals surface area contributed by atoms with Gasteiger partial charge in [-0.1, -0.05) is 66.2 Å². The van der Waals surface area contributed by atoms with Gasteiger partial charge in [-0.3, -0.25) is 4.57 Å². The topological polar surface area (TPSA) is 58.6 Å². The molecule has 0 heterocycles. The number of hydrogen-bond donors (Lipinski definition) is 0. The van der Waals surface area contributed by atoms with E-state index in [0.717, 1.165) is 51.4 Å². The first-order chi connectivity index (χ1) is 9.99. The van der Waals surface area contributed by atoms with Crippen molar-refractivity contribution in [2.24, 2.45) is 11.8 Å². The van der Waals surface area contributed by atoms with Gasteiger partial charge in [0.2, 0.25) is 0 Å². The van der Waals surface area contributed by atoms with Gasteiger partial charge < -0.3 is 13.9 Å². The zero-order valence-corrected chi connectivity index (χ0v) is 16.9. The van der Waals surface area contributed by atoms with Gasteiger partial charge in [0.25, 0.3) is 7.82 Å². The van der Waals surface area contributed by atoms with Gasteiger partial charge >= 0.3 is 0 Å². The molecule has 0 saturated carbocycles. The minimum atomic E-state index is -4.14. The molecule has 2 unspecified atom stereocenters. The molecule has 0 aromatic heterocycles. The molecule has 0 bridgehead atoms. The van der Waals surface area contributed by atoms with Gasteiger partial charge in [-0.15, -0.1) is 0 Å². The predicted molar refractivity (Wildman–Crippen MR) is 86.1 cm³/mol. The summed E-state index contributed by atoms with van der Waals surface area (Å²) in [4.78, 5) is 11.8. The second kappa shape index (κ2) is 15.2. The quantitative estimate of drug-likeness (QED) is 0.406. The SMILES string of the molecule is CCCCC(CC)COP(=O)([O-])OCC(CC)CCCC.[Cr]. The van der Waals surface area contributed by atoms with Crippen LogP contribution in [0.1, 0.15) is 79.1 Å². The molecule has 22 heavy (non-hydrogen) atoms. The maximum Gasteiger partial charge on any atom is 0.267 e. The first-order valence-electron chi connectivity index (χ1n) is 8.59. The van der Waals surface area contributed by atoms with Crippen molar-refractivity contribution in [3.63, 3.8) is 0 Å². The van der Waals surface area contributed by atoms with Gasteiger partial charge in [0.1, 0.15) is 0 Å². The summed E-state index contributed by atoms with van der Waals surface area (Å²) >= 11 is 0. The van der Waals surface area contributed by atoms with Crippen LogP contribution in [0, 0.1) is 11.8 Å². The van der Waals surface area contributed by atoms with Crippen LogP contribution in [0.25, 0.3) is 0 Å². The fourth-order valence-corrected chi connectivity index (χ4v) is 3.09. The maximum absolute atomic E-state index is 11.8. The Kier molecular flexibility index (Phi) is 17.2. The number of rotatable bonds is 14. The number of hydrogen-bond acceptors (Lipinski definition) is 4. The Morgan fingerprint density at radius 1 is 0.864 bits per heavy atom. The van der Waals surface area contributed by atoms with E-state index in [9.17, 15) is 9.46 Å². The van der Waals surface area contributed by atoms with Crippen molar-refractivity contribution in [2.75, 3.05) is 13.2 Å². The summed E-state index contributed by atoms with van der Waals surface area (Å²) in [5.41, 5.74) is 0. The Balaban J connectivity index is 0. The van der Waals surface area contributed by atoms with Crippen LogP contribution in [0.5, 0.6) is 0 Å². The molecule has 0 rings (SSSR count). The molecule has 0 fully saturated rings. The number of phosphoric ester groups is 1. The molecule has 0 aliphatic rings. The molecule has 134 valence electrons. The summed E-state index contributed by atoms with van der Waals surface area (Å²) in [6.07, 6.45) is 8.38. The summed E-state index contributed by atoms with van der Waals surface area (Å²) in [7, 11) is -4.14. The smallest absolute Gasteiger partial charge is 0.267 e. The van der Waals surface area contributed by atoms with Crippen LogP contribution in [0.15, 0.2) is 0 Å². The fourth-order valence-electron chi connectivity index (χ4n) is 2.23. The molecular weight excluding hydrogens is 339 g/mol. The van der Waals surface area contributed by atoms with Crippen molar-refractivity contribution in [3.8, 4) is 0 Å². The van der Waals surface area contributed by atoms with Crippen LogP contribution in [0.2, 0.25) is 0 Å². The van der Waals surface area contributed by atoms with Crippen molar-refractivity contribution in [2.45, 2.75) is 79.1 Å². The third-order valence-electron chi connectivity index (χ3n) is 4.02. The van der Waals surface area contributed by atoms with Gasteiger partial charge in [0, 0.05) is 17.4 Å². The normalized spacial score (nSPS) is 16.6. The first-order valence-corrected chi connectivity index (χ1v) is 10.0. The molecule has 0 spiro atoms. The molecule has 2 atom stereocenters. The largest absolute Gasteiger partial charge is 0.756 e. The van der Waals surface area contributed by atoms with E-state index >= 15 is 0 Å². The van der Waals surface area contributed by atoms with Crippen LogP contribution in [0.3, 0.4) is 0 Å². The summed E-state index contributed by atoms with van der Waals surface area (Å²) in [6.45, 7) is 8.91. The molecule has 0 aromatic rings. The second-order valence-corrected chi connectivity index (χ2v) is 7.28. The monoisotopic (exact) mass is 373 g/mol. The van der Waals surface area contributed by atoms with E-state index in [1.165, 1.54) is 0 Å². The zero-order valence-electron chi connectivity index (χ0n) is 14.7. The fraction of sp³-hybridized carbons (Fsp3) is 1.00. The predicted octanol–water partition coefficient (Wildman–Crippen LogP) is 4.92. The minimum Gasteiger partial charge on any atom is -0.756 e. The van der Waals surface area contributed by atoms with Crippen molar-refractivity contribution >= 4 is 7.82 Å². The zero-order chi connectivity index (χ0) is 16.1. The first kappa shape index (κ1) is 24.9. The van der Waals surface area contributed by atoms with Crippen LogP contribution in [-0.2, 0) is 31.0 Å². The van der Waals surface area contributed by atoms with Crippen LogP contribution in [0.4, 0.5) is 0 Å². The summed E-state index contributed by atoms with van der Waals surface area (Å²) < 4.78 is 21.9. The molecule has 0 aliphatic heterocycles. The van der Waals surface area contributed by atoms with Crippen LogP contribution >= 0.6 is 7.82 Å². The molecule has 0 aliphatic carbocycles. The summed E-state index contributed by atoms with van der Waals surface area (Å²) in [5.74, 6) is 0.607. The Labute approximate surface area is 148 Å². The number of unbranched alkanes of at least 4 members (excludes halogenated alkanes) is 2. The molecule has 6 heteroatoms. The van der Waals surface area contributed by atoms with E-state index in [4.69, 9.17) is 9.05 Å². The van der Waals surface area contributed by atoms with Crippen molar-refractivity contribution < 1.29 is 35.9 Å². The Bertz CT molecular complexity index is 265. The Morgan fingerprint density at radius 2 is 1.23 bits per heavy atom. The minimum absolute atomic E-state index is 0. The molecule has 0 radical (unpaired) electrons. The average molecular weight is 373 g/mol. The van der Waals surface area contributed by atoms with E-state index in [1.54, 1.807) is 0 Å². The molecular formula is C16H34CrO4P-. The van der Waals surface area contributed by atoms with Gasteiger partial charge in [-0.2, -0.15) is 0 Å². The van der Waals surface area contributed by atoms with E-state index < -0.39 is 7.82 Å². The van der Waals surface area contributed by atoms with Crippen molar-refractivity contribution in [3.05, 3.63) is 0 Å². The summed E-state index contributed by atoms with van der Waals surface area (Å²) in [6, 6.07) is 0. The van der Waals surface area contributed by atoms with Crippen LogP contribution < -0.4 is 4.89 Å². The van der Waals surface area contributed by atoms with E-state index in [1.807, 2.05) is 0 Å². The Morgan fingerprint density at radius 3 is 1.50 bits per heavy atom. The molecule has 0 aromatic carbocycles.